The molecule has 0 aliphatic heterocycles. The third-order valence-electron chi connectivity index (χ3n) is 3.97. The summed E-state index contributed by atoms with van der Waals surface area (Å²) in [7, 11) is -3.47. The maximum Gasteiger partial charge on any atom is 0.244 e. The highest BCUT2D eigenvalue weighted by atomic mass is 32.2. The van der Waals surface area contributed by atoms with Crippen molar-refractivity contribution in [3.05, 3.63) is 48.2 Å². The van der Waals surface area contributed by atoms with E-state index in [1.807, 2.05) is 45.9 Å². The average Bonchev–Trinajstić information content (AvgIpc) is 2.57. The summed E-state index contributed by atoms with van der Waals surface area (Å²) in [5, 5.41) is 0. The summed E-state index contributed by atoms with van der Waals surface area (Å²) >= 11 is 0. The second kappa shape index (κ2) is 7.77. The van der Waals surface area contributed by atoms with Crippen molar-refractivity contribution < 1.29 is 8.42 Å². The number of aromatic nitrogens is 1. The van der Waals surface area contributed by atoms with Gasteiger partial charge in [0.15, 0.2) is 0 Å². The van der Waals surface area contributed by atoms with E-state index in [1.54, 1.807) is 12.1 Å². The Labute approximate surface area is 145 Å². The van der Waals surface area contributed by atoms with Crippen LogP contribution in [0.2, 0.25) is 0 Å². The molecule has 0 fully saturated rings. The molecule has 0 unspecified atom stereocenters. The lowest BCUT2D eigenvalue weighted by Gasteiger charge is -2.23. The van der Waals surface area contributed by atoms with Gasteiger partial charge in [0.25, 0.3) is 0 Å². The SMILES string of the molecule is CCN(c1cccc(C)c1)c1ccc(S(=O)(=O)N(CC)CC)cn1. The van der Waals surface area contributed by atoms with Crippen LogP contribution in [0.25, 0.3) is 0 Å². The molecule has 0 aliphatic carbocycles. The number of aryl methyl sites for hydroxylation is 1. The van der Waals surface area contributed by atoms with Gasteiger partial charge in [0.1, 0.15) is 10.7 Å². The van der Waals surface area contributed by atoms with Gasteiger partial charge in [-0.15, -0.1) is 0 Å². The lowest BCUT2D eigenvalue weighted by atomic mass is 10.2. The first kappa shape index (κ1) is 18.4. The van der Waals surface area contributed by atoms with E-state index in [1.165, 1.54) is 16.1 Å². The van der Waals surface area contributed by atoms with Gasteiger partial charge < -0.3 is 4.90 Å². The van der Waals surface area contributed by atoms with Gasteiger partial charge in [-0.2, -0.15) is 4.31 Å². The molecule has 6 heteroatoms. The Morgan fingerprint density at radius 2 is 1.71 bits per heavy atom. The fraction of sp³-hybridized carbons (Fsp3) is 0.389. The fourth-order valence-electron chi connectivity index (χ4n) is 2.67. The summed E-state index contributed by atoms with van der Waals surface area (Å²) in [6.45, 7) is 9.41. The number of anilines is 2. The largest absolute Gasteiger partial charge is 0.327 e. The molecule has 1 heterocycles. The summed E-state index contributed by atoms with van der Waals surface area (Å²) in [4.78, 5) is 6.68. The van der Waals surface area contributed by atoms with Crippen molar-refractivity contribution >= 4 is 21.5 Å². The van der Waals surface area contributed by atoms with Gasteiger partial charge in [-0.25, -0.2) is 13.4 Å². The molecule has 0 amide bonds. The number of hydrogen-bond acceptors (Lipinski definition) is 4. The molecule has 5 nitrogen and oxygen atoms in total. The van der Waals surface area contributed by atoms with Crippen LogP contribution in [0.1, 0.15) is 26.3 Å². The number of sulfonamides is 1. The van der Waals surface area contributed by atoms with E-state index in [-0.39, 0.29) is 4.90 Å². The van der Waals surface area contributed by atoms with Crippen LogP contribution in [-0.2, 0) is 10.0 Å². The molecule has 0 radical (unpaired) electrons. The molecular weight excluding hydrogens is 322 g/mol. The lowest BCUT2D eigenvalue weighted by molar-refractivity contribution is 0.445. The van der Waals surface area contributed by atoms with Crippen LogP contribution < -0.4 is 4.90 Å². The minimum absolute atomic E-state index is 0.232. The summed E-state index contributed by atoms with van der Waals surface area (Å²) < 4.78 is 26.5. The zero-order valence-electron chi connectivity index (χ0n) is 14.7. The molecule has 0 saturated carbocycles. The smallest absolute Gasteiger partial charge is 0.244 e. The van der Waals surface area contributed by atoms with Crippen LogP contribution in [0, 0.1) is 6.92 Å². The maximum absolute atomic E-state index is 12.5. The van der Waals surface area contributed by atoms with Crippen molar-refractivity contribution in [3.8, 4) is 0 Å². The molecule has 0 spiro atoms. The molecule has 130 valence electrons. The molecule has 0 N–H and O–H groups in total. The summed E-state index contributed by atoms with van der Waals surface area (Å²) in [6, 6.07) is 11.6. The van der Waals surface area contributed by atoms with E-state index in [0.717, 1.165) is 18.1 Å². The first-order chi connectivity index (χ1) is 11.4. The summed E-state index contributed by atoms with van der Waals surface area (Å²) in [6.07, 6.45) is 1.45. The normalized spacial score (nSPS) is 11.7. The minimum atomic E-state index is -3.47. The van der Waals surface area contributed by atoms with Crippen molar-refractivity contribution in [2.45, 2.75) is 32.6 Å². The van der Waals surface area contributed by atoms with Crippen molar-refractivity contribution in [2.24, 2.45) is 0 Å². The number of hydrogen-bond donors (Lipinski definition) is 0. The van der Waals surface area contributed by atoms with Crippen molar-refractivity contribution in [1.82, 2.24) is 9.29 Å². The Bertz CT molecular complexity index is 769. The molecule has 0 aliphatic rings. The monoisotopic (exact) mass is 347 g/mol. The maximum atomic E-state index is 12.5. The zero-order chi connectivity index (χ0) is 17.7. The van der Waals surface area contributed by atoms with E-state index in [2.05, 4.69) is 16.0 Å². The quantitative estimate of drug-likeness (QED) is 0.768. The van der Waals surface area contributed by atoms with E-state index in [4.69, 9.17) is 0 Å². The standard InChI is InChI=1S/C18H25N3O2S/c1-5-20(6-2)24(22,23)17-11-12-18(19-14-17)21(7-3)16-10-8-9-15(4)13-16/h8-14H,5-7H2,1-4H3. The van der Waals surface area contributed by atoms with Crippen LogP contribution in [0.15, 0.2) is 47.5 Å². The predicted molar refractivity (Wildman–Crippen MR) is 98.2 cm³/mol. The van der Waals surface area contributed by atoms with Crippen molar-refractivity contribution in [3.63, 3.8) is 0 Å². The highest BCUT2D eigenvalue weighted by molar-refractivity contribution is 7.89. The molecule has 1 aromatic carbocycles. The van der Waals surface area contributed by atoms with E-state index in [0.29, 0.717) is 13.1 Å². The topological polar surface area (TPSA) is 53.5 Å². The third-order valence-corrected chi connectivity index (χ3v) is 6.00. The Morgan fingerprint density at radius 3 is 2.21 bits per heavy atom. The van der Waals surface area contributed by atoms with Gasteiger partial charge >= 0.3 is 0 Å². The number of nitrogens with zero attached hydrogens (tertiary/aromatic N) is 3. The molecule has 0 bridgehead atoms. The van der Waals surface area contributed by atoms with Gasteiger partial charge in [-0.05, 0) is 43.7 Å². The Hall–Kier alpha value is -1.92. The molecule has 1 aromatic heterocycles. The van der Waals surface area contributed by atoms with Crippen molar-refractivity contribution in [1.29, 1.82) is 0 Å². The molecule has 0 saturated heterocycles. The summed E-state index contributed by atoms with van der Waals surface area (Å²) in [5.41, 5.74) is 2.22. The molecule has 24 heavy (non-hydrogen) atoms. The van der Waals surface area contributed by atoms with E-state index in [9.17, 15) is 8.42 Å². The summed E-state index contributed by atoms with van der Waals surface area (Å²) in [5.74, 6) is 0.738. The number of benzene rings is 1. The first-order valence-corrected chi connectivity index (χ1v) is 9.68. The number of rotatable bonds is 7. The van der Waals surface area contributed by atoms with Crippen LogP contribution in [-0.4, -0.2) is 37.3 Å². The molecule has 2 rings (SSSR count). The molecular formula is C18H25N3O2S. The highest BCUT2D eigenvalue weighted by Crippen LogP contribution is 2.25. The second-order valence-electron chi connectivity index (χ2n) is 5.52. The van der Waals surface area contributed by atoms with Crippen LogP contribution in [0.3, 0.4) is 0 Å². The van der Waals surface area contributed by atoms with Gasteiger partial charge in [-0.1, -0.05) is 26.0 Å². The minimum Gasteiger partial charge on any atom is -0.327 e. The van der Waals surface area contributed by atoms with Gasteiger partial charge in [0, 0.05) is 31.5 Å². The van der Waals surface area contributed by atoms with Gasteiger partial charge in [0.05, 0.1) is 0 Å². The highest BCUT2D eigenvalue weighted by Gasteiger charge is 2.22. The van der Waals surface area contributed by atoms with Gasteiger partial charge in [0.2, 0.25) is 10.0 Å². The van der Waals surface area contributed by atoms with E-state index < -0.39 is 10.0 Å². The van der Waals surface area contributed by atoms with Gasteiger partial charge in [-0.3, -0.25) is 0 Å². The van der Waals surface area contributed by atoms with Crippen LogP contribution in [0.5, 0.6) is 0 Å². The fourth-order valence-corrected chi connectivity index (χ4v) is 4.07. The lowest BCUT2D eigenvalue weighted by Crippen LogP contribution is -2.30. The van der Waals surface area contributed by atoms with E-state index >= 15 is 0 Å². The second-order valence-corrected chi connectivity index (χ2v) is 7.46. The molecule has 0 atom stereocenters. The zero-order valence-corrected chi connectivity index (χ0v) is 15.5. The first-order valence-electron chi connectivity index (χ1n) is 8.24. The van der Waals surface area contributed by atoms with Crippen LogP contribution in [0.4, 0.5) is 11.5 Å². The third kappa shape index (κ3) is 3.76. The Kier molecular flexibility index (Phi) is 5.96. The van der Waals surface area contributed by atoms with Crippen molar-refractivity contribution in [2.75, 3.05) is 24.5 Å². The average molecular weight is 347 g/mol. The Balaban J connectivity index is 2.34. The molecule has 2 aromatic rings. The van der Waals surface area contributed by atoms with Crippen LogP contribution >= 0.6 is 0 Å². The predicted octanol–water partition coefficient (Wildman–Crippen LogP) is 3.58. The number of pyridine rings is 1. The Morgan fingerprint density at radius 1 is 1.00 bits per heavy atom.